The van der Waals surface area contributed by atoms with Gasteiger partial charge in [0, 0.05) is 18.2 Å². The van der Waals surface area contributed by atoms with Crippen LogP contribution in [0.25, 0.3) is 0 Å². The second kappa shape index (κ2) is 6.25. The maximum Gasteiger partial charge on any atom is 0.145 e. The van der Waals surface area contributed by atoms with E-state index in [4.69, 9.17) is 4.74 Å². The van der Waals surface area contributed by atoms with Crippen molar-refractivity contribution in [2.24, 2.45) is 5.92 Å². The first-order chi connectivity index (χ1) is 10.2. The molecule has 2 aliphatic rings. The van der Waals surface area contributed by atoms with Gasteiger partial charge in [-0.15, -0.1) is 0 Å². The Morgan fingerprint density at radius 3 is 2.24 bits per heavy atom. The summed E-state index contributed by atoms with van der Waals surface area (Å²) in [6, 6.07) is 6.21. The topological polar surface area (TPSA) is 12.5 Å². The van der Waals surface area contributed by atoms with Crippen molar-refractivity contribution < 1.29 is 9.13 Å². The van der Waals surface area contributed by atoms with Gasteiger partial charge in [-0.1, -0.05) is 13.3 Å². The van der Waals surface area contributed by atoms with Crippen LogP contribution < -0.4 is 9.64 Å². The molecule has 2 saturated carbocycles. The molecular formula is C18H26FNO. The Bertz CT molecular complexity index is 478. The number of halogens is 1. The molecule has 2 nitrogen and oxygen atoms in total. The summed E-state index contributed by atoms with van der Waals surface area (Å²) in [7, 11) is 1.64. The van der Waals surface area contributed by atoms with E-state index in [1.807, 2.05) is 6.07 Å². The predicted octanol–water partition coefficient (Wildman–Crippen LogP) is 4.77. The Morgan fingerprint density at radius 2 is 1.71 bits per heavy atom. The Morgan fingerprint density at radius 1 is 1.10 bits per heavy atom. The highest BCUT2D eigenvalue weighted by Crippen LogP contribution is 2.42. The van der Waals surface area contributed by atoms with Crippen molar-refractivity contribution >= 4 is 5.69 Å². The fourth-order valence-corrected chi connectivity index (χ4v) is 3.74. The first-order valence-electron chi connectivity index (χ1n) is 8.34. The second-order valence-electron chi connectivity index (χ2n) is 6.54. The summed E-state index contributed by atoms with van der Waals surface area (Å²) in [4.78, 5) is 2.53. The summed E-state index contributed by atoms with van der Waals surface area (Å²) < 4.78 is 18.9. The number of ether oxygens (including phenoxy) is 1. The van der Waals surface area contributed by atoms with E-state index >= 15 is 0 Å². The molecule has 0 amide bonds. The number of nitrogens with zero attached hydrogens (tertiary/aromatic N) is 1. The molecule has 116 valence electrons. The summed E-state index contributed by atoms with van der Waals surface area (Å²) in [5.41, 5.74) is 1.08. The zero-order valence-electron chi connectivity index (χ0n) is 13.1. The summed E-state index contributed by atoms with van der Waals surface area (Å²) in [5, 5.41) is 0. The van der Waals surface area contributed by atoms with Gasteiger partial charge in [0.15, 0.2) is 0 Å². The van der Waals surface area contributed by atoms with Gasteiger partial charge in [0.25, 0.3) is 0 Å². The van der Waals surface area contributed by atoms with Crippen LogP contribution in [0.2, 0.25) is 0 Å². The average Bonchev–Trinajstić information content (AvgIpc) is 3.34. The molecule has 0 radical (unpaired) electrons. The summed E-state index contributed by atoms with van der Waals surface area (Å²) >= 11 is 0. The van der Waals surface area contributed by atoms with Crippen LogP contribution in [0.1, 0.15) is 51.9 Å². The van der Waals surface area contributed by atoms with E-state index < -0.39 is 0 Å². The summed E-state index contributed by atoms with van der Waals surface area (Å²) in [6.07, 6.45) is 8.99. The van der Waals surface area contributed by atoms with E-state index in [9.17, 15) is 4.39 Å². The number of anilines is 1. The zero-order chi connectivity index (χ0) is 14.8. The quantitative estimate of drug-likeness (QED) is 0.774. The number of hydrogen-bond acceptors (Lipinski definition) is 2. The van der Waals surface area contributed by atoms with Gasteiger partial charge in [-0.25, -0.2) is 4.39 Å². The van der Waals surface area contributed by atoms with E-state index in [2.05, 4.69) is 11.8 Å². The first-order valence-corrected chi connectivity index (χ1v) is 8.34. The van der Waals surface area contributed by atoms with Gasteiger partial charge < -0.3 is 9.64 Å². The zero-order valence-corrected chi connectivity index (χ0v) is 13.1. The minimum absolute atomic E-state index is 0.221. The van der Waals surface area contributed by atoms with Crippen molar-refractivity contribution in [1.82, 2.24) is 0 Å². The van der Waals surface area contributed by atoms with Crippen molar-refractivity contribution in [2.45, 2.75) is 64.0 Å². The molecule has 3 heteroatoms. The van der Waals surface area contributed by atoms with E-state index in [-0.39, 0.29) is 5.82 Å². The molecule has 0 saturated heterocycles. The van der Waals surface area contributed by atoms with Crippen molar-refractivity contribution in [1.29, 1.82) is 0 Å². The maximum absolute atomic E-state index is 13.5. The van der Waals surface area contributed by atoms with Crippen LogP contribution >= 0.6 is 0 Å². The minimum Gasteiger partial charge on any atom is -0.494 e. The molecule has 0 aliphatic heterocycles. The number of rotatable bonds is 5. The second-order valence-corrected chi connectivity index (χ2v) is 6.54. The Balaban J connectivity index is 1.82. The largest absolute Gasteiger partial charge is 0.494 e. The van der Waals surface area contributed by atoms with E-state index in [0.29, 0.717) is 17.8 Å². The van der Waals surface area contributed by atoms with E-state index in [0.717, 1.165) is 11.6 Å². The highest BCUT2D eigenvalue weighted by Gasteiger charge is 2.37. The molecule has 0 N–H and O–H groups in total. The molecule has 0 spiro atoms. The normalized spacial score (nSPS) is 25.7. The highest BCUT2D eigenvalue weighted by molar-refractivity contribution is 5.61. The molecule has 0 aromatic heterocycles. The highest BCUT2D eigenvalue weighted by atomic mass is 19.1. The molecule has 1 aromatic carbocycles. The van der Waals surface area contributed by atoms with Gasteiger partial charge >= 0.3 is 0 Å². The lowest BCUT2D eigenvalue weighted by atomic mass is 9.83. The van der Waals surface area contributed by atoms with Crippen molar-refractivity contribution in [3.05, 3.63) is 24.0 Å². The average molecular weight is 291 g/mol. The lowest BCUT2D eigenvalue weighted by molar-refractivity contribution is 0.305. The lowest BCUT2D eigenvalue weighted by Crippen LogP contribution is -2.40. The van der Waals surface area contributed by atoms with Crippen molar-refractivity contribution in [3.8, 4) is 5.75 Å². The molecule has 0 unspecified atom stereocenters. The maximum atomic E-state index is 13.5. The number of methoxy groups -OCH3 is 1. The van der Waals surface area contributed by atoms with Crippen LogP contribution in [-0.2, 0) is 0 Å². The third-order valence-corrected chi connectivity index (χ3v) is 5.15. The summed E-state index contributed by atoms with van der Waals surface area (Å²) in [5.74, 6) is 1.36. The molecule has 3 rings (SSSR count). The fourth-order valence-electron chi connectivity index (χ4n) is 3.74. The molecule has 1 aromatic rings. The van der Waals surface area contributed by atoms with Crippen LogP contribution in [-0.4, -0.2) is 19.2 Å². The minimum atomic E-state index is -0.221. The number of hydrogen-bond donors (Lipinski definition) is 0. The monoisotopic (exact) mass is 291 g/mol. The summed E-state index contributed by atoms with van der Waals surface area (Å²) in [6.45, 7) is 2.30. The van der Waals surface area contributed by atoms with Crippen LogP contribution in [0.5, 0.6) is 5.75 Å². The fraction of sp³-hybridized carbons (Fsp3) is 0.667. The number of benzene rings is 1. The van der Waals surface area contributed by atoms with Crippen molar-refractivity contribution in [2.75, 3.05) is 12.0 Å². The predicted molar refractivity (Wildman–Crippen MR) is 84.5 cm³/mol. The molecular weight excluding hydrogens is 265 g/mol. The van der Waals surface area contributed by atoms with E-state index in [1.54, 1.807) is 13.2 Å². The van der Waals surface area contributed by atoms with Crippen LogP contribution in [0.3, 0.4) is 0 Å². The van der Waals surface area contributed by atoms with Crippen LogP contribution in [0.4, 0.5) is 10.1 Å². The SMILES string of the molecule is CCC1CCC(N(c2ccc(F)cc2OC)C2CC2)CC1. The molecule has 21 heavy (non-hydrogen) atoms. The van der Waals surface area contributed by atoms with Gasteiger partial charge in [-0.3, -0.25) is 0 Å². The molecule has 2 aliphatic carbocycles. The van der Waals surface area contributed by atoms with Gasteiger partial charge in [-0.2, -0.15) is 0 Å². The third-order valence-electron chi connectivity index (χ3n) is 5.15. The molecule has 2 fully saturated rings. The third kappa shape index (κ3) is 3.17. The van der Waals surface area contributed by atoms with E-state index in [1.165, 1.54) is 51.0 Å². The van der Waals surface area contributed by atoms with Gasteiger partial charge in [-0.05, 0) is 56.6 Å². The Kier molecular flexibility index (Phi) is 4.37. The van der Waals surface area contributed by atoms with Gasteiger partial charge in [0.05, 0.1) is 12.8 Å². The Hall–Kier alpha value is -1.25. The molecule has 0 bridgehead atoms. The van der Waals surface area contributed by atoms with Crippen molar-refractivity contribution in [3.63, 3.8) is 0 Å². The van der Waals surface area contributed by atoms with Crippen LogP contribution in [0, 0.1) is 11.7 Å². The first kappa shape index (κ1) is 14.7. The Labute approximate surface area is 127 Å². The van der Waals surface area contributed by atoms with Gasteiger partial charge in [0.1, 0.15) is 11.6 Å². The smallest absolute Gasteiger partial charge is 0.145 e. The molecule has 0 heterocycles. The standard InChI is InChI=1S/C18H26FNO/c1-3-13-4-7-15(8-5-13)20(16-9-10-16)17-11-6-14(19)12-18(17)21-2/h6,11-13,15-16H,3-5,7-10H2,1-2H3. The van der Waals surface area contributed by atoms with Crippen LogP contribution in [0.15, 0.2) is 18.2 Å². The van der Waals surface area contributed by atoms with Gasteiger partial charge in [0.2, 0.25) is 0 Å². The lowest BCUT2D eigenvalue weighted by Gasteiger charge is -2.39. The molecule has 0 atom stereocenters.